The standard InChI is InChI=1S/C12H25ClN2O2S/c1-4-15(5-2)18(16,17)14-12(10-13)8-6-11(3)7-9-12/h11,14H,4-10H2,1-3H3. The summed E-state index contributed by atoms with van der Waals surface area (Å²) in [6, 6.07) is 0. The molecule has 18 heavy (non-hydrogen) atoms. The van der Waals surface area contributed by atoms with E-state index in [1.807, 2.05) is 13.8 Å². The van der Waals surface area contributed by atoms with E-state index in [2.05, 4.69) is 11.6 Å². The van der Waals surface area contributed by atoms with Gasteiger partial charge >= 0.3 is 0 Å². The molecule has 0 aromatic carbocycles. The fourth-order valence-corrected chi connectivity index (χ4v) is 4.53. The van der Waals surface area contributed by atoms with Gasteiger partial charge in [0.15, 0.2) is 0 Å². The third kappa shape index (κ3) is 3.83. The van der Waals surface area contributed by atoms with E-state index in [9.17, 15) is 8.42 Å². The third-order valence-electron chi connectivity index (χ3n) is 3.88. The number of halogens is 1. The average Bonchev–Trinajstić information content (AvgIpc) is 2.33. The molecule has 1 aliphatic carbocycles. The Kier molecular flexibility index (Phi) is 5.90. The first-order valence-electron chi connectivity index (χ1n) is 6.74. The third-order valence-corrected chi connectivity index (χ3v) is 6.28. The monoisotopic (exact) mass is 296 g/mol. The topological polar surface area (TPSA) is 49.4 Å². The molecular weight excluding hydrogens is 272 g/mol. The molecular formula is C12H25ClN2O2S. The molecule has 0 amide bonds. The van der Waals surface area contributed by atoms with Gasteiger partial charge in [0, 0.05) is 24.5 Å². The van der Waals surface area contributed by atoms with Crippen LogP contribution < -0.4 is 4.72 Å². The van der Waals surface area contributed by atoms with Crippen LogP contribution >= 0.6 is 11.6 Å². The molecule has 1 fully saturated rings. The Morgan fingerprint density at radius 1 is 1.28 bits per heavy atom. The summed E-state index contributed by atoms with van der Waals surface area (Å²) < 4.78 is 28.8. The van der Waals surface area contributed by atoms with Crippen LogP contribution in [0.3, 0.4) is 0 Å². The van der Waals surface area contributed by atoms with Gasteiger partial charge in [0.05, 0.1) is 0 Å². The molecule has 6 heteroatoms. The number of nitrogens with zero attached hydrogens (tertiary/aromatic N) is 1. The van der Waals surface area contributed by atoms with Crippen molar-refractivity contribution in [2.75, 3.05) is 19.0 Å². The SMILES string of the molecule is CCN(CC)S(=O)(=O)NC1(CCl)CCC(C)CC1. The van der Waals surface area contributed by atoms with Gasteiger partial charge < -0.3 is 0 Å². The van der Waals surface area contributed by atoms with Crippen molar-refractivity contribution in [2.24, 2.45) is 5.92 Å². The molecule has 108 valence electrons. The number of hydrogen-bond donors (Lipinski definition) is 1. The Balaban J connectivity index is 2.79. The van der Waals surface area contributed by atoms with Crippen molar-refractivity contribution in [3.05, 3.63) is 0 Å². The van der Waals surface area contributed by atoms with Crippen molar-refractivity contribution < 1.29 is 8.42 Å². The van der Waals surface area contributed by atoms with Gasteiger partial charge in [0.2, 0.25) is 0 Å². The molecule has 0 aromatic heterocycles. The Labute approximate surface area is 116 Å². The van der Waals surface area contributed by atoms with Crippen molar-refractivity contribution in [3.63, 3.8) is 0 Å². The molecule has 1 rings (SSSR count). The van der Waals surface area contributed by atoms with Gasteiger partial charge in [-0.1, -0.05) is 20.8 Å². The highest BCUT2D eigenvalue weighted by Crippen LogP contribution is 2.33. The van der Waals surface area contributed by atoms with Crippen LogP contribution in [0.15, 0.2) is 0 Å². The van der Waals surface area contributed by atoms with E-state index in [-0.39, 0.29) is 0 Å². The fourth-order valence-electron chi connectivity index (χ4n) is 2.48. The highest BCUT2D eigenvalue weighted by Gasteiger charge is 2.38. The molecule has 0 bridgehead atoms. The molecule has 1 aliphatic rings. The summed E-state index contributed by atoms with van der Waals surface area (Å²) >= 11 is 6.04. The van der Waals surface area contributed by atoms with Gasteiger partial charge in [-0.3, -0.25) is 0 Å². The van der Waals surface area contributed by atoms with Crippen molar-refractivity contribution in [2.45, 2.75) is 52.0 Å². The maximum absolute atomic E-state index is 12.3. The summed E-state index contributed by atoms with van der Waals surface area (Å²) in [6.45, 7) is 6.87. The smallest absolute Gasteiger partial charge is 0.195 e. The lowest BCUT2D eigenvalue weighted by atomic mass is 9.79. The summed E-state index contributed by atoms with van der Waals surface area (Å²) in [4.78, 5) is 0. The van der Waals surface area contributed by atoms with E-state index in [1.165, 1.54) is 4.31 Å². The highest BCUT2D eigenvalue weighted by molar-refractivity contribution is 7.87. The van der Waals surface area contributed by atoms with Crippen molar-refractivity contribution >= 4 is 21.8 Å². The van der Waals surface area contributed by atoms with Crippen LogP contribution in [0.25, 0.3) is 0 Å². The molecule has 0 heterocycles. The fraction of sp³-hybridized carbons (Fsp3) is 1.00. The van der Waals surface area contributed by atoms with Crippen LogP contribution in [-0.2, 0) is 10.2 Å². The van der Waals surface area contributed by atoms with E-state index in [0.29, 0.717) is 24.9 Å². The molecule has 0 spiro atoms. The van der Waals surface area contributed by atoms with Gasteiger partial charge in [-0.25, -0.2) is 0 Å². The summed E-state index contributed by atoms with van der Waals surface area (Å²) in [7, 11) is -3.41. The van der Waals surface area contributed by atoms with Crippen molar-refractivity contribution in [3.8, 4) is 0 Å². The second-order valence-corrected chi connectivity index (χ2v) is 7.23. The van der Waals surface area contributed by atoms with E-state index in [0.717, 1.165) is 25.7 Å². The molecule has 0 unspecified atom stereocenters. The van der Waals surface area contributed by atoms with Crippen molar-refractivity contribution in [1.82, 2.24) is 9.03 Å². The van der Waals surface area contributed by atoms with E-state index >= 15 is 0 Å². The molecule has 0 atom stereocenters. The number of nitrogens with one attached hydrogen (secondary N) is 1. The van der Waals surface area contributed by atoms with E-state index in [4.69, 9.17) is 11.6 Å². The maximum atomic E-state index is 12.3. The highest BCUT2D eigenvalue weighted by atomic mass is 35.5. The van der Waals surface area contributed by atoms with Gasteiger partial charge in [-0.15, -0.1) is 11.6 Å². The molecule has 0 saturated heterocycles. The molecule has 0 aromatic rings. The zero-order valence-electron chi connectivity index (χ0n) is 11.6. The van der Waals surface area contributed by atoms with Crippen LogP contribution in [0.5, 0.6) is 0 Å². The second-order valence-electron chi connectivity index (χ2n) is 5.29. The maximum Gasteiger partial charge on any atom is 0.279 e. The summed E-state index contributed by atoms with van der Waals surface area (Å²) in [5, 5.41) is 0. The molecule has 0 aliphatic heterocycles. The van der Waals surface area contributed by atoms with Gasteiger partial charge in [-0.2, -0.15) is 17.4 Å². The van der Waals surface area contributed by atoms with Crippen LogP contribution in [-0.4, -0.2) is 37.2 Å². The average molecular weight is 297 g/mol. The minimum atomic E-state index is -3.41. The lowest BCUT2D eigenvalue weighted by Gasteiger charge is -2.39. The zero-order chi connectivity index (χ0) is 13.8. The zero-order valence-corrected chi connectivity index (χ0v) is 13.1. The van der Waals surface area contributed by atoms with Gasteiger partial charge in [0.1, 0.15) is 0 Å². The quantitative estimate of drug-likeness (QED) is 0.765. The van der Waals surface area contributed by atoms with Crippen LogP contribution in [0, 0.1) is 5.92 Å². The molecule has 1 saturated carbocycles. The predicted octanol–water partition coefficient (Wildman–Crippen LogP) is 2.35. The number of rotatable bonds is 6. The Morgan fingerprint density at radius 2 is 1.78 bits per heavy atom. The van der Waals surface area contributed by atoms with E-state index in [1.54, 1.807) is 0 Å². The van der Waals surface area contributed by atoms with E-state index < -0.39 is 15.7 Å². The number of hydrogen-bond acceptors (Lipinski definition) is 2. The van der Waals surface area contributed by atoms with Crippen LogP contribution in [0.1, 0.15) is 46.5 Å². The molecule has 4 nitrogen and oxygen atoms in total. The minimum Gasteiger partial charge on any atom is -0.195 e. The normalized spacial score (nSPS) is 29.7. The Bertz CT molecular complexity index is 347. The number of alkyl halides is 1. The van der Waals surface area contributed by atoms with Gasteiger partial charge in [-0.05, 0) is 31.6 Å². The Hall–Kier alpha value is 0.160. The first-order chi connectivity index (χ1) is 8.39. The largest absolute Gasteiger partial charge is 0.279 e. The second kappa shape index (κ2) is 6.55. The van der Waals surface area contributed by atoms with Crippen molar-refractivity contribution in [1.29, 1.82) is 0 Å². The summed E-state index contributed by atoms with van der Waals surface area (Å²) in [5.41, 5.74) is -0.449. The summed E-state index contributed by atoms with van der Waals surface area (Å²) in [6.07, 6.45) is 3.73. The first kappa shape index (κ1) is 16.2. The van der Waals surface area contributed by atoms with Gasteiger partial charge in [0.25, 0.3) is 10.2 Å². The lowest BCUT2D eigenvalue weighted by molar-refractivity contribution is 0.242. The summed E-state index contributed by atoms with van der Waals surface area (Å²) in [5.74, 6) is 1.01. The lowest BCUT2D eigenvalue weighted by Crippen LogP contribution is -2.56. The molecule has 0 radical (unpaired) electrons. The van der Waals surface area contributed by atoms with Crippen LogP contribution in [0.4, 0.5) is 0 Å². The first-order valence-corrected chi connectivity index (χ1v) is 8.71. The van der Waals surface area contributed by atoms with Crippen LogP contribution in [0.2, 0.25) is 0 Å². The Morgan fingerprint density at radius 3 is 2.17 bits per heavy atom. The minimum absolute atomic E-state index is 0.347. The predicted molar refractivity (Wildman–Crippen MR) is 76.1 cm³/mol. The molecule has 1 N–H and O–H groups in total.